The number of hydrogen-bond donors (Lipinski definition) is 0. The van der Waals surface area contributed by atoms with Crippen molar-refractivity contribution in [3.8, 4) is 0 Å². The fourth-order valence-electron chi connectivity index (χ4n) is 2.28. The van der Waals surface area contributed by atoms with E-state index in [0.717, 1.165) is 0 Å². The maximum atomic E-state index is 15.2. The van der Waals surface area contributed by atoms with E-state index in [2.05, 4.69) is 33.9 Å². The first-order valence-electron chi connectivity index (χ1n) is 9.11. The van der Waals surface area contributed by atoms with Gasteiger partial charge in [-0.25, -0.2) is 23.2 Å². The lowest BCUT2D eigenvalue weighted by Crippen LogP contribution is -2.73. The van der Waals surface area contributed by atoms with Crippen molar-refractivity contribution in [2.75, 3.05) is 19.8 Å². The minimum absolute atomic E-state index is 0.193. The molecular formula is C19H16F12O6. The van der Waals surface area contributed by atoms with E-state index in [1.165, 1.54) is 0 Å². The van der Waals surface area contributed by atoms with Crippen molar-refractivity contribution in [1.29, 1.82) is 0 Å². The van der Waals surface area contributed by atoms with Gasteiger partial charge in [-0.2, -0.15) is 43.9 Å². The summed E-state index contributed by atoms with van der Waals surface area (Å²) < 4.78 is 178. The highest BCUT2D eigenvalue weighted by molar-refractivity contribution is 5.82. The highest BCUT2D eigenvalue weighted by atomic mass is 19.4. The second kappa shape index (κ2) is 11.5. The molecule has 6 nitrogen and oxygen atoms in total. The lowest BCUT2D eigenvalue weighted by Gasteiger charge is -2.45. The molecule has 0 aromatic heterocycles. The molecule has 0 aliphatic carbocycles. The molecule has 0 bridgehead atoms. The van der Waals surface area contributed by atoms with Crippen molar-refractivity contribution >= 4 is 17.9 Å². The summed E-state index contributed by atoms with van der Waals surface area (Å²) in [6, 6.07) is 0. The first-order valence-corrected chi connectivity index (χ1v) is 9.11. The minimum Gasteiger partial charge on any atom is -0.461 e. The molecule has 0 heterocycles. The Balaban J connectivity index is 7.18. The van der Waals surface area contributed by atoms with Crippen LogP contribution in [0.15, 0.2) is 38.0 Å². The molecule has 0 N–H and O–H groups in total. The summed E-state index contributed by atoms with van der Waals surface area (Å²) in [7, 11) is 0. The largest absolute Gasteiger partial charge is 0.461 e. The number of alkyl halides is 12. The first-order chi connectivity index (χ1) is 16.6. The zero-order valence-corrected chi connectivity index (χ0v) is 18.0. The topological polar surface area (TPSA) is 78.9 Å². The van der Waals surface area contributed by atoms with Gasteiger partial charge in [0.2, 0.25) is 0 Å². The Morgan fingerprint density at radius 3 is 1.08 bits per heavy atom. The van der Waals surface area contributed by atoms with Crippen LogP contribution in [0.4, 0.5) is 52.7 Å². The van der Waals surface area contributed by atoms with Crippen LogP contribution in [0.2, 0.25) is 0 Å². The van der Waals surface area contributed by atoms with Gasteiger partial charge in [0.25, 0.3) is 0 Å². The Morgan fingerprint density at radius 1 is 0.568 bits per heavy atom. The molecule has 0 rings (SSSR count). The lowest BCUT2D eigenvalue weighted by atomic mass is 9.76. The molecular weight excluding hydrogens is 552 g/mol. The van der Waals surface area contributed by atoms with Gasteiger partial charge >= 0.3 is 53.9 Å². The second-order valence-electron chi connectivity index (χ2n) is 6.94. The van der Waals surface area contributed by atoms with E-state index in [9.17, 15) is 58.3 Å². The summed E-state index contributed by atoms with van der Waals surface area (Å²) in [5, 5.41) is 0. The molecule has 0 fully saturated rings. The maximum Gasteiger partial charge on any atom is 0.384 e. The van der Waals surface area contributed by atoms with Crippen LogP contribution in [0, 0.1) is 5.41 Å². The summed E-state index contributed by atoms with van der Waals surface area (Å²) in [5.74, 6) is -42.9. The molecule has 0 saturated heterocycles. The van der Waals surface area contributed by atoms with Gasteiger partial charge in [0, 0.05) is 18.2 Å². The van der Waals surface area contributed by atoms with E-state index < -0.39 is 79.2 Å². The normalized spacial score (nSPS) is 13.5. The average molecular weight is 568 g/mol. The number of esters is 3. The highest BCUT2D eigenvalue weighted by Crippen LogP contribution is 2.61. The Hall–Kier alpha value is -3.21. The Bertz CT molecular complexity index is 840. The van der Waals surface area contributed by atoms with Crippen LogP contribution >= 0.6 is 0 Å². The van der Waals surface area contributed by atoms with Gasteiger partial charge in [0.1, 0.15) is 25.2 Å². The van der Waals surface area contributed by atoms with E-state index in [-0.39, 0.29) is 18.2 Å². The summed E-state index contributed by atoms with van der Waals surface area (Å²) in [6.45, 7) is 1.43. The third kappa shape index (κ3) is 6.03. The standard InChI is InChI=1S/C19H16F12O6/c1-4-10(32)35-7-14(8-36-11(33)5-2,9-37-12(34)6-3)16(24,25)18(28,29)19(30,31)17(26,27)15(22,23)13(20)21/h4-6,13H,1-3,7-9H2. The Morgan fingerprint density at radius 2 is 0.838 bits per heavy atom. The highest BCUT2D eigenvalue weighted by Gasteiger charge is 2.90. The Kier molecular flexibility index (Phi) is 10.5. The minimum atomic E-state index is -7.97. The van der Waals surface area contributed by atoms with E-state index in [1.54, 1.807) is 0 Å². The fourth-order valence-corrected chi connectivity index (χ4v) is 2.28. The third-order valence-corrected chi connectivity index (χ3v) is 4.51. The van der Waals surface area contributed by atoms with Crippen LogP contribution in [0.5, 0.6) is 0 Å². The van der Waals surface area contributed by atoms with Crippen molar-refractivity contribution in [3.05, 3.63) is 38.0 Å². The summed E-state index contributed by atoms with van der Waals surface area (Å²) in [4.78, 5) is 33.9. The number of rotatable bonds is 15. The molecule has 0 aromatic rings. The predicted octanol–water partition coefficient (Wildman–Crippen LogP) is 4.60. The van der Waals surface area contributed by atoms with Crippen molar-refractivity contribution in [2.24, 2.45) is 5.41 Å². The molecule has 0 aromatic carbocycles. The molecule has 0 saturated carbocycles. The van der Waals surface area contributed by atoms with Gasteiger partial charge in [-0.1, -0.05) is 19.7 Å². The molecule has 18 heteroatoms. The fraction of sp³-hybridized carbons (Fsp3) is 0.526. The summed E-state index contributed by atoms with van der Waals surface area (Å²) in [6.07, 6.45) is -5.16. The predicted molar refractivity (Wildman–Crippen MR) is 96.6 cm³/mol. The molecule has 0 radical (unpaired) electrons. The lowest BCUT2D eigenvalue weighted by molar-refractivity contribution is -0.428. The van der Waals surface area contributed by atoms with Crippen LogP contribution < -0.4 is 0 Å². The molecule has 0 amide bonds. The maximum absolute atomic E-state index is 15.2. The summed E-state index contributed by atoms with van der Waals surface area (Å²) >= 11 is 0. The van der Waals surface area contributed by atoms with Gasteiger partial charge in [0.05, 0.1) is 0 Å². The van der Waals surface area contributed by atoms with Crippen LogP contribution in [0.25, 0.3) is 0 Å². The zero-order chi connectivity index (χ0) is 29.7. The van der Waals surface area contributed by atoms with Crippen LogP contribution in [0.1, 0.15) is 0 Å². The van der Waals surface area contributed by atoms with Gasteiger partial charge in [0.15, 0.2) is 0 Å². The van der Waals surface area contributed by atoms with Crippen molar-refractivity contribution in [3.63, 3.8) is 0 Å². The Labute approximate surface area is 199 Å². The van der Waals surface area contributed by atoms with E-state index >= 15 is 8.78 Å². The van der Waals surface area contributed by atoms with Crippen LogP contribution in [-0.4, -0.2) is 73.8 Å². The van der Waals surface area contributed by atoms with E-state index in [0.29, 0.717) is 0 Å². The zero-order valence-electron chi connectivity index (χ0n) is 18.0. The van der Waals surface area contributed by atoms with Gasteiger partial charge in [-0.05, 0) is 0 Å². The molecule has 212 valence electrons. The molecule has 0 aliphatic rings. The number of halogens is 12. The molecule has 0 unspecified atom stereocenters. The second-order valence-corrected chi connectivity index (χ2v) is 6.94. The van der Waals surface area contributed by atoms with Crippen molar-refractivity contribution in [2.45, 2.75) is 36.0 Å². The number of ether oxygens (including phenoxy) is 3. The number of carbonyl (C=O) groups is 3. The van der Waals surface area contributed by atoms with Crippen LogP contribution in [0.3, 0.4) is 0 Å². The smallest absolute Gasteiger partial charge is 0.384 e. The molecule has 0 atom stereocenters. The molecule has 37 heavy (non-hydrogen) atoms. The van der Waals surface area contributed by atoms with Gasteiger partial charge in [-0.15, -0.1) is 0 Å². The van der Waals surface area contributed by atoms with Gasteiger partial charge < -0.3 is 14.2 Å². The average Bonchev–Trinajstić information content (AvgIpc) is 2.81. The van der Waals surface area contributed by atoms with E-state index in [4.69, 9.17) is 0 Å². The van der Waals surface area contributed by atoms with Crippen molar-refractivity contribution < 1.29 is 81.3 Å². The van der Waals surface area contributed by atoms with Crippen molar-refractivity contribution in [1.82, 2.24) is 0 Å². The van der Waals surface area contributed by atoms with Crippen LogP contribution in [-0.2, 0) is 28.6 Å². The third-order valence-electron chi connectivity index (χ3n) is 4.51. The molecule has 0 aliphatic heterocycles. The quantitative estimate of drug-likeness (QED) is 0.124. The first kappa shape index (κ1) is 33.8. The van der Waals surface area contributed by atoms with E-state index in [1.807, 2.05) is 0 Å². The molecule has 0 spiro atoms. The van der Waals surface area contributed by atoms with Gasteiger partial charge in [-0.3, -0.25) is 0 Å². The monoisotopic (exact) mass is 568 g/mol. The SMILES string of the molecule is C=CC(=O)OCC(COC(=O)C=C)(COC(=O)C=C)C(F)(F)C(F)(F)C(F)(F)C(F)(F)C(F)(F)C(F)F. The number of carbonyl (C=O) groups excluding carboxylic acids is 3. The number of hydrogen-bond acceptors (Lipinski definition) is 6. The summed E-state index contributed by atoms with van der Waals surface area (Å²) in [5.41, 5.74) is -4.44.